The number of pyridine rings is 1. The summed E-state index contributed by atoms with van der Waals surface area (Å²) in [6.07, 6.45) is 3.79. The van der Waals surface area contributed by atoms with Gasteiger partial charge in [-0.05, 0) is 19.1 Å². The second kappa shape index (κ2) is 7.84. The van der Waals surface area contributed by atoms with E-state index >= 15 is 0 Å². The second-order valence-electron chi connectivity index (χ2n) is 3.32. The van der Waals surface area contributed by atoms with Crippen molar-refractivity contribution in [3.63, 3.8) is 0 Å². The van der Waals surface area contributed by atoms with Gasteiger partial charge in [-0.25, -0.2) is 0 Å². The fourth-order valence-electron chi connectivity index (χ4n) is 1.15. The summed E-state index contributed by atoms with van der Waals surface area (Å²) >= 11 is 1.45. The van der Waals surface area contributed by atoms with Crippen LogP contribution in [0.15, 0.2) is 29.4 Å². The largest absolute Gasteiger partial charge is 0.466 e. The zero-order chi connectivity index (χ0) is 12.5. The highest BCUT2D eigenvalue weighted by Crippen LogP contribution is 2.16. The van der Waals surface area contributed by atoms with Gasteiger partial charge in [0.05, 0.1) is 18.8 Å². The first-order valence-corrected chi connectivity index (χ1v) is 6.41. The van der Waals surface area contributed by atoms with Crippen molar-refractivity contribution in [2.45, 2.75) is 24.7 Å². The Balaban J connectivity index is 2.20. The molecule has 0 atom stereocenters. The summed E-state index contributed by atoms with van der Waals surface area (Å²) in [5.41, 5.74) is 0. The van der Waals surface area contributed by atoms with Gasteiger partial charge in [-0.1, -0.05) is 0 Å². The molecule has 0 aliphatic heterocycles. The third-order valence-corrected chi connectivity index (χ3v) is 3.03. The van der Waals surface area contributed by atoms with Crippen LogP contribution in [0.2, 0.25) is 0 Å². The van der Waals surface area contributed by atoms with E-state index in [9.17, 15) is 9.59 Å². The first-order chi connectivity index (χ1) is 8.22. The van der Waals surface area contributed by atoms with E-state index in [0.29, 0.717) is 12.4 Å². The summed E-state index contributed by atoms with van der Waals surface area (Å²) < 4.78 is 4.75. The zero-order valence-corrected chi connectivity index (χ0v) is 10.5. The number of carbonyl (C=O) groups is 2. The van der Waals surface area contributed by atoms with E-state index in [1.54, 1.807) is 19.3 Å². The number of esters is 1. The van der Waals surface area contributed by atoms with Crippen LogP contribution in [-0.4, -0.2) is 29.1 Å². The number of thioether (sulfide) groups is 1. The van der Waals surface area contributed by atoms with E-state index in [1.807, 2.05) is 12.1 Å². The van der Waals surface area contributed by atoms with E-state index in [0.717, 1.165) is 4.90 Å². The second-order valence-corrected chi connectivity index (χ2v) is 4.36. The number of ketones is 1. The van der Waals surface area contributed by atoms with E-state index in [1.165, 1.54) is 11.8 Å². The minimum Gasteiger partial charge on any atom is -0.466 e. The predicted octanol–water partition coefficient (Wildman–Crippen LogP) is 2.09. The standard InChI is InChI=1S/C12H15NO3S/c1-2-16-12(15)4-3-10(14)9-17-11-5-7-13-8-6-11/h5-8H,2-4,9H2,1H3. The van der Waals surface area contributed by atoms with E-state index < -0.39 is 0 Å². The molecule has 0 aliphatic carbocycles. The molecule has 0 spiro atoms. The molecule has 0 bridgehead atoms. The number of rotatable bonds is 7. The van der Waals surface area contributed by atoms with Crippen molar-refractivity contribution in [3.05, 3.63) is 24.5 Å². The number of Topliss-reactive ketones (excluding diaryl/α,β-unsaturated/α-hetero) is 1. The minimum atomic E-state index is -0.310. The van der Waals surface area contributed by atoms with Crippen LogP contribution < -0.4 is 0 Å². The Morgan fingerprint density at radius 3 is 2.65 bits per heavy atom. The third kappa shape index (κ3) is 6.06. The van der Waals surface area contributed by atoms with Gasteiger partial charge in [0, 0.05) is 23.7 Å². The van der Waals surface area contributed by atoms with Crippen molar-refractivity contribution in [1.82, 2.24) is 4.98 Å². The molecule has 5 heteroatoms. The Morgan fingerprint density at radius 2 is 2.00 bits per heavy atom. The molecule has 0 aliphatic rings. The zero-order valence-electron chi connectivity index (χ0n) is 9.72. The molecule has 0 fully saturated rings. The van der Waals surface area contributed by atoms with E-state index in [4.69, 9.17) is 4.74 Å². The highest BCUT2D eigenvalue weighted by molar-refractivity contribution is 8.00. The van der Waals surface area contributed by atoms with Crippen LogP contribution in [0.4, 0.5) is 0 Å². The summed E-state index contributed by atoms with van der Waals surface area (Å²) in [6, 6.07) is 3.70. The lowest BCUT2D eigenvalue weighted by atomic mass is 10.2. The Morgan fingerprint density at radius 1 is 1.29 bits per heavy atom. The lowest BCUT2D eigenvalue weighted by molar-refractivity contribution is -0.144. The predicted molar refractivity (Wildman–Crippen MR) is 65.8 cm³/mol. The lowest BCUT2D eigenvalue weighted by Crippen LogP contribution is -2.08. The van der Waals surface area contributed by atoms with Gasteiger partial charge in [-0.15, -0.1) is 11.8 Å². The average Bonchev–Trinajstić information content (AvgIpc) is 2.35. The summed E-state index contributed by atoms with van der Waals surface area (Å²) in [5.74, 6) is 0.123. The van der Waals surface area contributed by atoms with Crippen LogP contribution in [-0.2, 0) is 14.3 Å². The monoisotopic (exact) mass is 253 g/mol. The Labute approximate surface area is 105 Å². The topological polar surface area (TPSA) is 56.3 Å². The maximum atomic E-state index is 11.5. The van der Waals surface area contributed by atoms with Crippen molar-refractivity contribution in [2.75, 3.05) is 12.4 Å². The van der Waals surface area contributed by atoms with Gasteiger partial charge in [0.15, 0.2) is 0 Å². The quantitative estimate of drug-likeness (QED) is 0.550. The molecular weight excluding hydrogens is 238 g/mol. The minimum absolute atomic E-state index is 0.0554. The first kappa shape index (κ1) is 13.7. The summed E-state index contributed by atoms with van der Waals surface area (Å²) in [4.78, 5) is 27.4. The van der Waals surface area contributed by atoms with Gasteiger partial charge in [-0.3, -0.25) is 14.6 Å². The smallest absolute Gasteiger partial charge is 0.306 e. The highest BCUT2D eigenvalue weighted by Gasteiger charge is 2.08. The van der Waals surface area contributed by atoms with Gasteiger partial charge in [0.1, 0.15) is 5.78 Å². The van der Waals surface area contributed by atoms with Crippen LogP contribution in [0.25, 0.3) is 0 Å². The van der Waals surface area contributed by atoms with Gasteiger partial charge in [-0.2, -0.15) is 0 Å². The van der Waals surface area contributed by atoms with Crippen LogP contribution in [0.1, 0.15) is 19.8 Å². The van der Waals surface area contributed by atoms with Crippen molar-refractivity contribution in [1.29, 1.82) is 0 Å². The van der Waals surface area contributed by atoms with Crippen LogP contribution in [0, 0.1) is 0 Å². The molecule has 0 N–H and O–H groups in total. The summed E-state index contributed by atoms with van der Waals surface area (Å²) in [5, 5.41) is 0. The molecule has 1 rings (SSSR count). The molecule has 0 unspecified atom stereocenters. The molecule has 0 amide bonds. The van der Waals surface area contributed by atoms with Crippen molar-refractivity contribution in [2.24, 2.45) is 0 Å². The maximum Gasteiger partial charge on any atom is 0.306 e. The van der Waals surface area contributed by atoms with E-state index in [2.05, 4.69) is 4.98 Å². The normalized spacial score (nSPS) is 9.94. The number of nitrogens with zero attached hydrogens (tertiary/aromatic N) is 1. The number of hydrogen-bond acceptors (Lipinski definition) is 5. The van der Waals surface area contributed by atoms with Crippen LogP contribution in [0.5, 0.6) is 0 Å². The number of aromatic nitrogens is 1. The van der Waals surface area contributed by atoms with Crippen molar-refractivity contribution < 1.29 is 14.3 Å². The van der Waals surface area contributed by atoms with Crippen LogP contribution in [0.3, 0.4) is 0 Å². The molecule has 1 aromatic heterocycles. The number of ether oxygens (including phenoxy) is 1. The molecule has 0 aromatic carbocycles. The van der Waals surface area contributed by atoms with Crippen LogP contribution >= 0.6 is 11.8 Å². The average molecular weight is 253 g/mol. The maximum absolute atomic E-state index is 11.5. The van der Waals surface area contributed by atoms with E-state index in [-0.39, 0.29) is 24.6 Å². The highest BCUT2D eigenvalue weighted by atomic mass is 32.2. The molecule has 0 radical (unpaired) electrons. The SMILES string of the molecule is CCOC(=O)CCC(=O)CSc1ccncc1. The van der Waals surface area contributed by atoms with Gasteiger partial charge in [0.25, 0.3) is 0 Å². The molecule has 0 saturated carbocycles. The van der Waals surface area contributed by atoms with Gasteiger partial charge in [0.2, 0.25) is 0 Å². The number of hydrogen-bond donors (Lipinski definition) is 0. The fourth-order valence-corrected chi connectivity index (χ4v) is 1.93. The number of carbonyl (C=O) groups excluding carboxylic acids is 2. The lowest BCUT2D eigenvalue weighted by Gasteiger charge is -2.02. The Kier molecular flexibility index (Phi) is 6.32. The molecule has 17 heavy (non-hydrogen) atoms. The Hall–Kier alpha value is -1.36. The van der Waals surface area contributed by atoms with Crippen molar-refractivity contribution in [3.8, 4) is 0 Å². The summed E-state index contributed by atoms with van der Waals surface area (Å²) in [6.45, 7) is 2.11. The molecule has 92 valence electrons. The molecule has 1 heterocycles. The molecule has 1 aromatic rings. The summed E-state index contributed by atoms with van der Waals surface area (Å²) in [7, 11) is 0. The molecule has 4 nitrogen and oxygen atoms in total. The molecular formula is C12H15NO3S. The third-order valence-electron chi connectivity index (χ3n) is 1.96. The Bertz CT molecular complexity index is 367. The molecule has 0 saturated heterocycles. The first-order valence-electron chi connectivity index (χ1n) is 5.42. The fraction of sp³-hybridized carbons (Fsp3) is 0.417. The van der Waals surface area contributed by atoms with Crippen molar-refractivity contribution >= 4 is 23.5 Å². The van der Waals surface area contributed by atoms with Gasteiger partial charge >= 0.3 is 5.97 Å². The van der Waals surface area contributed by atoms with Gasteiger partial charge < -0.3 is 4.74 Å².